The molecule has 2 aliphatic rings. The first-order chi connectivity index (χ1) is 7.55. The van der Waals surface area contributed by atoms with Crippen LogP contribution >= 0.6 is 0 Å². The summed E-state index contributed by atoms with van der Waals surface area (Å²) in [5.74, 6) is 0.847. The number of ether oxygens (including phenoxy) is 1. The lowest BCUT2D eigenvalue weighted by Gasteiger charge is -2.20. The first-order valence-corrected chi connectivity index (χ1v) is 6.62. The zero-order valence-corrected chi connectivity index (χ0v) is 11.0. The van der Waals surface area contributed by atoms with Crippen LogP contribution in [0.3, 0.4) is 0 Å². The molecule has 2 saturated heterocycles. The van der Waals surface area contributed by atoms with Gasteiger partial charge in [-0.05, 0) is 59.2 Å². The standard InChI is InChI=1S/C13H26N2O/c1-13(2)6-4-12(16-13)9-14-8-11-5-7-15(3)10-11/h11-12,14H,4-10H2,1-3H3. The van der Waals surface area contributed by atoms with Crippen molar-refractivity contribution in [2.24, 2.45) is 5.92 Å². The highest BCUT2D eigenvalue weighted by Crippen LogP contribution is 2.28. The molecule has 2 heterocycles. The highest BCUT2D eigenvalue weighted by atomic mass is 16.5. The predicted molar refractivity (Wildman–Crippen MR) is 66.7 cm³/mol. The minimum atomic E-state index is 0.111. The third-order valence-corrected chi connectivity index (χ3v) is 3.85. The Hall–Kier alpha value is -0.120. The summed E-state index contributed by atoms with van der Waals surface area (Å²) < 4.78 is 5.96. The number of hydrogen-bond acceptors (Lipinski definition) is 3. The Morgan fingerprint density at radius 2 is 2.12 bits per heavy atom. The fourth-order valence-corrected chi connectivity index (χ4v) is 2.86. The largest absolute Gasteiger partial charge is 0.371 e. The van der Waals surface area contributed by atoms with Crippen molar-refractivity contribution in [3.63, 3.8) is 0 Å². The van der Waals surface area contributed by atoms with E-state index < -0.39 is 0 Å². The van der Waals surface area contributed by atoms with E-state index in [0.717, 1.165) is 19.0 Å². The van der Waals surface area contributed by atoms with Gasteiger partial charge in [0.25, 0.3) is 0 Å². The molecule has 2 rings (SSSR count). The number of likely N-dealkylation sites (tertiary alicyclic amines) is 1. The van der Waals surface area contributed by atoms with Gasteiger partial charge in [0.05, 0.1) is 11.7 Å². The Morgan fingerprint density at radius 1 is 1.31 bits per heavy atom. The summed E-state index contributed by atoms with van der Waals surface area (Å²) in [4.78, 5) is 2.42. The SMILES string of the molecule is CN1CCC(CNCC2CCC(C)(C)O2)C1. The van der Waals surface area contributed by atoms with Crippen LogP contribution in [0.5, 0.6) is 0 Å². The molecule has 16 heavy (non-hydrogen) atoms. The summed E-state index contributed by atoms with van der Waals surface area (Å²) in [6.07, 6.45) is 4.20. The molecule has 0 saturated carbocycles. The van der Waals surface area contributed by atoms with E-state index in [4.69, 9.17) is 4.74 Å². The summed E-state index contributed by atoms with van der Waals surface area (Å²) in [5, 5.41) is 3.58. The maximum Gasteiger partial charge on any atom is 0.0707 e. The molecule has 0 radical (unpaired) electrons. The van der Waals surface area contributed by atoms with Gasteiger partial charge in [0, 0.05) is 13.1 Å². The van der Waals surface area contributed by atoms with Gasteiger partial charge in [-0.2, -0.15) is 0 Å². The maximum atomic E-state index is 5.96. The Morgan fingerprint density at radius 3 is 2.69 bits per heavy atom. The second-order valence-corrected chi connectivity index (χ2v) is 6.11. The summed E-state index contributed by atoms with van der Waals surface area (Å²) in [6.45, 7) is 9.09. The first kappa shape index (κ1) is 12.3. The zero-order chi connectivity index (χ0) is 11.6. The van der Waals surface area contributed by atoms with Crippen LogP contribution in [-0.4, -0.2) is 49.8 Å². The van der Waals surface area contributed by atoms with Gasteiger partial charge < -0.3 is 15.0 Å². The van der Waals surface area contributed by atoms with Crippen molar-refractivity contribution in [1.29, 1.82) is 0 Å². The molecule has 3 nitrogen and oxygen atoms in total. The lowest BCUT2D eigenvalue weighted by Crippen LogP contribution is -2.33. The van der Waals surface area contributed by atoms with Gasteiger partial charge >= 0.3 is 0 Å². The van der Waals surface area contributed by atoms with E-state index in [0.29, 0.717) is 6.10 Å². The van der Waals surface area contributed by atoms with Gasteiger partial charge in [0.15, 0.2) is 0 Å². The predicted octanol–water partition coefficient (Wildman–Crippen LogP) is 1.49. The summed E-state index contributed by atoms with van der Waals surface area (Å²) in [6, 6.07) is 0. The topological polar surface area (TPSA) is 24.5 Å². The molecule has 3 heteroatoms. The van der Waals surface area contributed by atoms with Crippen molar-refractivity contribution in [3.8, 4) is 0 Å². The summed E-state index contributed by atoms with van der Waals surface area (Å²) in [5.41, 5.74) is 0.111. The molecule has 0 aromatic rings. The van der Waals surface area contributed by atoms with E-state index >= 15 is 0 Å². The molecule has 0 spiro atoms. The van der Waals surface area contributed by atoms with E-state index in [9.17, 15) is 0 Å². The number of nitrogens with zero attached hydrogens (tertiary/aromatic N) is 1. The molecular weight excluding hydrogens is 200 g/mol. The van der Waals surface area contributed by atoms with Gasteiger partial charge in [0.1, 0.15) is 0 Å². The van der Waals surface area contributed by atoms with Crippen molar-refractivity contribution >= 4 is 0 Å². The van der Waals surface area contributed by atoms with E-state index in [1.54, 1.807) is 0 Å². The van der Waals surface area contributed by atoms with Crippen LogP contribution in [0.1, 0.15) is 33.1 Å². The van der Waals surface area contributed by atoms with Crippen LogP contribution in [0.2, 0.25) is 0 Å². The fraction of sp³-hybridized carbons (Fsp3) is 1.00. The lowest BCUT2D eigenvalue weighted by molar-refractivity contribution is -0.0143. The average Bonchev–Trinajstić information content (AvgIpc) is 2.73. The van der Waals surface area contributed by atoms with Gasteiger partial charge in [-0.15, -0.1) is 0 Å². The molecule has 0 aliphatic carbocycles. The van der Waals surface area contributed by atoms with Crippen molar-refractivity contribution in [2.75, 3.05) is 33.2 Å². The highest BCUT2D eigenvalue weighted by Gasteiger charge is 2.31. The highest BCUT2D eigenvalue weighted by molar-refractivity contribution is 4.82. The third-order valence-electron chi connectivity index (χ3n) is 3.85. The lowest BCUT2D eigenvalue weighted by atomic mass is 10.1. The number of hydrogen-bond donors (Lipinski definition) is 1. The van der Waals surface area contributed by atoms with Crippen molar-refractivity contribution in [3.05, 3.63) is 0 Å². The van der Waals surface area contributed by atoms with E-state index in [2.05, 4.69) is 31.1 Å². The van der Waals surface area contributed by atoms with E-state index in [-0.39, 0.29) is 5.60 Å². The number of rotatable bonds is 4. The molecule has 2 atom stereocenters. The molecule has 2 unspecified atom stereocenters. The van der Waals surface area contributed by atoms with Crippen LogP contribution in [0.4, 0.5) is 0 Å². The molecular formula is C13H26N2O. The fourth-order valence-electron chi connectivity index (χ4n) is 2.86. The zero-order valence-electron chi connectivity index (χ0n) is 11.0. The molecule has 0 bridgehead atoms. The third kappa shape index (κ3) is 3.44. The first-order valence-electron chi connectivity index (χ1n) is 6.62. The average molecular weight is 226 g/mol. The molecule has 1 N–H and O–H groups in total. The molecule has 0 aromatic carbocycles. The molecule has 0 amide bonds. The smallest absolute Gasteiger partial charge is 0.0707 e. The molecule has 2 fully saturated rings. The Kier molecular flexibility index (Phi) is 3.88. The molecule has 94 valence electrons. The van der Waals surface area contributed by atoms with Crippen molar-refractivity contribution in [2.45, 2.75) is 44.8 Å². The number of nitrogens with one attached hydrogen (secondary N) is 1. The summed E-state index contributed by atoms with van der Waals surface area (Å²) >= 11 is 0. The second kappa shape index (κ2) is 5.03. The van der Waals surface area contributed by atoms with E-state index in [1.165, 1.54) is 32.4 Å². The molecule has 0 aromatic heterocycles. The molecule has 2 aliphatic heterocycles. The van der Waals surface area contributed by atoms with Gasteiger partial charge in [-0.25, -0.2) is 0 Å². The van der Waals surface area contributed by atoms with Crippen LogP contribution in [0.15, 0.2) is 0 Å². The van der Waals surface area contributed by atoms with Crippen LogP contribution < -0.4 is 5.32 Å². The van der Waals surface area contributed by atoms with E-state index in [1.807, 2.05) is 0 Å². The monoisotopic (exact) mass is 226 g/mol. The Bertz CT molecular complexity index is 230. The van der Waals surface area contributed by atoms with Crippen molar-refractivity contribution in [1.82, 2.24) is 10.2 Å². The van der Waals surface area contributed by atoms with Crippen LogP contribution in [0.25, 0.3) is 0 Å². The van der Waals surface area contributed by atoms with Crippen LogP contribution in [0, 0.1) is 5.92 Å². The maximum absolute atomic E-state index is 5.96. The van der Waals surface area contributed by atoms with Crippen LogP contribution in [-0.2, 0) is 4.74 Å². The second-order valence-electron chi connectivity index (χ2n) is 6.11. The van der Waals surface area contributed by atoms with Crippen molar-refractivity contribution < 1.29 is 4.74 Å². The summed E-state index contributed by atoms with van der Waals surface area (Å²) in [7, 11) is 2.21. The normalized spacial score (nSPS) is 34.7. The Balaban J connectivity index is 1.58. The minimum absolute atomic E-state index is 0.111. The van der Waals surface area contributed by atoms with Gasteiger partial charge in [-0.1, -0.05) is 0 Å². The van der Waals surface area contributed by atoms with Gasteiger partial charge in [-0.3, -0.25) is 0 Å². The quantitative estimate of drug-likeness (QED) is 0.786. The van der Waals surface area contributed by atoms with Gasteiger partial charge in [0.2, 0.25) is 0 Å². The minimum Gasteiger partial charge on any atom is -0.371 e. The Labute approximate surface area is 99.5 Å².